The van der Waals surface area contributed by atoms with Crippen molar-refractivity contribution >= 4 is 33.4 Å². The van der Waals surface area contributed by atoms with E-state index in [1.54, 1.807) is 6.33 Å². The van der Waals surface area contributed by atoms with Crippen molar-refractivity contribution in [2.45, 2.75) is 77.6 Å². The van der Waals surface area contributed by atoms with Gasteiger partial charge >= 0.3 is 0 Å². The van der Waals surface area contributed by atoms with Crippen LogP contribution >= 0.6 is 0 Å². The van der Waals surface area contributed by atoms with Crippen LogP contribution in [0.4, 0.5) is 0 Å². The Morgan fingerprint density at radius 3 is 1.63 bits per heavy atom. The van der Waals surface area contributed by atoms with Crippen LogP contribution in [0.25, 0.3) is 50.4 Å². The Kier molecular flexibility index (Phi) is 8.60. The zero-order valence-corrected chi connectivity index (χ0v) is 33.5. The summed E-state index contributed by atoms with van der Waals surface area (Å²) in [6.45, 7) is 15.5. The molecule has 3 aromatic carbocycles. The molecule has 57 heavy (non-hydrogen) atoms. The van der Waals surface area contributed by atoms with Crippen LogP contribution in [-0.4, -0.2) is 48.6 Å². The van der Waals surface area contributed by atoms with Gasteiger partial charge in [-0.3, -0.25) is 18.7 Å². The molecule has 9 rings (SSSR count). The number of fused-ring (bicyclic) bond motifs is 3. The summed E-state index contributed by atoms with van der Waals surface area (Å²) in [4.78, 5) is 34.7. The van der Waals surface area contributed by atoms with Crippen LogP contribution in [0.15, 0.2) is 128 Å². The Bertz CT molecular complexity index is 2880. The van der Waals surface area contributed by atoms with Crippen molar-refractivity contribution < 1.29 is 0 Å². The monoisotopic (exact) mass is 750 g/mol. The first kappa shape index (κ1) is 36.1. The molecule has 0 aliphatic heterocycles. The van der Waals surface area contributed by atoms with Gasteiger partial charge in [-0.2, -0.15) is 0 Å². The standard InChI is InChI=1S/C47H46N10/c1-45(2,3)42-52-36-24-23-31(51-41(36)57(42)35-21-15-10-16-22-35)26-46(4,5)43-53-37-28-49-32(25-38(37)55(43)33-17-11-8-12-18-33)27-47(6,7)44-54-40-39(29-48-30-50-40)56(44)34-19-13-9-14-20-34/h8-25,28-30H,26-27H2,1-7H3. The van der Waals surface area contributed by atoms with E-state index in [1.807, 2.05) is 42.7 Å². The molecular weight excluding hydrogens is 705 g/mol. The molecule has 0 atom stereocenters. The van der Waals surface area contributed by atoms with E-state index in [0.717, 1.165) is 73.6 Å². The summed E-state index contributed by atoms with van der Waals surface area (Å²) in [6, 6.07) is 37.6. The quantitative estimate of drug-likeness (QED) is 0.145. The Morgan fingerprint density at radius 2 is 1.02 bits per heavy atom. The normalized spacial score (nSPS) is 12.6. The number of hydrogen-bond acceptors (Lipinski definition) is 7. The topological polar surface area (TPSA) is 105 Å². The molecule has 6 aromatic heterocycles. The number of imidazole rings is 3. The lowest BCUT2D eigenvalue weighted by molar-refractivity contribution is 0.475. The Labute approximate surface area is 332 Å². The van der Waals surface area contributed by atoms with E-state index >= 15 is 0 Å². The van der Waals surface area contributed by atoms with E-state index in [0.29, 0.717) is 18.5 Å². The summed E-state index contributed by atoms with van der Waals surface area (Å²) in [7, 11) is 0. The van der Waals surface area contributed by atoms with Gasteiger partial charge in [0.2, 0.25) is 0 Å². The minimum absolute atomic E-state index is 0.176. The second-order valence-corrected chi connectivity index (χ2v) is 17.2. The molecule has 0 unspecified atom stereocenters. The summed E-state index contributed by atoms with van der Waals surface area (Å²) in [5, 5.41) is 0. The van der Waals surface area contributed by atoms with Crippen molar-refractivity contribution in [3.8, 4) is 17.1 Å². The molecule has 0 aliphatic carbocycles. The van der Waals surface area contributed by atoms with Crippen molar-refractivity contribution in [3.05, 3.63) is 157 Å². The lowest BCUT2D eigenvalue weighted by Crippen LogP contribution is -2.26. The maximum Gasteiger partial charge on any atom is 0.181 e. The van der Waals surface area contributed by atoms with Gasteiger partial charge in [0.05, 0.1) is 17.9 Å². The van der Waals surface area contributed by atoms with Gasteiger partial charge < -0.3 is 0 Å². The molecule has 0 aliphatic rings. The molecule has 9 aromatic rings. The highest BCUT2D eigenvalue weighted by atomic mass is 15.2. The molecular formula is C47H46N10. The highest BCUT2D eigenvalue weighted by Crippen LogP contribution is 2.36. The predicted octanol–water partition coefficient (Wildman–Crippen LogP) is 9.62. The van der Waals surface area contributed by atoms with Crippen molar-refractivity contribution in [2.75, 3.05) is 0 Å². The minimum Gasteiger partial charge on any atom is -0.296 e. The van der Waals surface area contributed by atoms with E-state index in [2.05, 4.69) is 151 Å². The molecule has 0 amide bonds. The summed E-state index contributed by atoms with van der Waals surface area (Å²) < 4.78 is 6.68. The lowest BCUT2D eigenvalue weighted by Gasteiger charge is -2.26. The largest absolute Gasteiger partial charge is 0.296 e. The number of para-hydroxylation sites is 3. The summed E-state index contributed by atoms with van der Waals surface area (Å²) in [5.74, 6) is 2.83. The van der Waals surface area contributed by atoms with Crippen molar-refractivity contribution in [1.82, 2.24) is 48.6 Å². The summed E-state index contributed by atoms with van der Waals surface area (Å²) >= 11 is 0. The first-order valence-electron chi connectivity index (χ1n) is 19.5. The van der Waals surface area contributed by atoms with E-state index < -0.39 is 10.8 Å². The zero-order valence-electron chi connectivity index (χ0n) is 33.5. The van der Waals surface area contributed by atoms with E-state index in [1.165, 1.54) is 0 Å². The molecule has 0 radical (unpaired) electrons. The molecule has 0 fully saturated rings. The molecule has 0 bridgehead atoms. The molecule has 10 nitrogen and oxygen atoms in total. The molecule has 6 heterocycles. The molecule has 0 N–H and O–H groups in total. The van der Waals surface area contributed by atoms with E-state index in [4.69, 9.17) is 24.9 Å². The van der Waals surface area contributed by atoms with Crippen LogP contribution in [-0.2, 0) is 29.1 Å². The Morgan fingerprint density at radius 1 is 0.474 bits per heavy atom. The molecule has 10 heteroatoms. The van der Waals surface area contributed by atoms with E-state index in [-0.39, 0.29) is 5.41 Å². The highest BCUT2D eigenvalue weighted by molar-refractivity contribution is 5.79. The van der Waals surface area contributed by atoms with Crippen LogP contribution in [0, 0.1) is 0 Å². The number of hydrogen-bond donors (Lipinski definition) is 0. The molecule has 284 valence electrons. The van der Waals surface area contributed by atoms with Crippen molar-refractivity contribution in [3.63, 3.8) is 0 Å². The Balaban J connectivity index is 1.12. The van der Waals surface area contributed by atoms with Crippen LogP contribution in [0.2, 0.25) is 0 Å². The average molecular weight is 751 g/mol. The van der Waals surface area contributed by atoms with Gasteiger partial charge in [0.1, 0.15) is 40.4 Å². The van der Waals surface area contributed by atoms with Crippen molar-refractivity contribution in [1.29, 1.82) is 0 Å². The maximum absolute atomic E-state index is 5.32. The fourth-order valence-corrected chi connectivity index (χ4v) is 8.01. The Hall–Kier alpha value is -6.55. The number of rotatable bonds is 9. The smallest absolute Gasteiger partial charge is 0.181 e. The predicted molar refractivity (Wildman–Crippen MR) is 227 cm³/mol. The summed E-state index contributed by atoms with van der Waals surface area (Å²) in [6.07, 6.45) is 6.61. The van der Waals surface area contributed by atoms with Crippen LogP contribution < -0.4 is 0 Å². The van der Waals surface area contributed by atoms with Gasteiger partial charge in [-0.05, 0) is 54.6 Å². The number of nitrogens with zero attached hydrogens (tertiary/aromatic N) is 10. The number of pyridine rings is 2. The van der Waals surface area contributed by atoms with Gasteiger partial charge in [0.25, 0.3) is 0 Å². The zero-order chi connectivity index (χ0) is 39.5. The maximum atomic E-state index is 5.32. The van der Waals surface area contributed by atoms with Crippen LogP contribution in [0.5, 0.6) is 0 Å². The first-order valence-corrected chi connectivity index (χ1v) is 19.5. The SMILES string of the molecule is CC(C)(C)c1nc2ccc(CC(C)(C)c3nc4cnc(CC(C)(C)c5nc6ncncc6n5-c5ccccc5)cc4n3-c3ccccc3)nc2n1-c1ccccc1. The fraction of sp³-hybridized carbons (Fsp3) is 0.255. The third kappa shape index (κ3) is 6.54. The minimum atomic E-state index is -0.416. The third-order valence-electron chi connectivity index (χ3n) is 10.7. The highest BCUT2D eigenvalue weighted by Gasteiger charge is 2.33. The fourth-order valence-electron chi connectivity index (χ4n) is 8.01. The molecule has 0 saturated heterocycles. The van der Waals surface area contributed by atoms with Gasteiger partial charge in [-0.1, -0.05) is 103 Å². The number of aromatic nitrogens is 10. The van der Waals surface area contributed by atoms with Gasteiger partial charge in [-0.15, -0.1) is 0 Å². The van der Waals surface area contributed by atoms with E-state index in [9.17, 15) is 0 Å². The van der Waals surface area contributed by atoms with Gasteiger partial charge in [0, 0.05) is 57.5 Å². The molecule has 0 spiro atoms. The van der Waals surface area contributed by atoms with Crippen molar-refractivity contribution in [2.24, 2.45) is 0 Å². The second kappa shape index (κ2) is 13.6. The average Bonchev–Trinajstić information content (AvgIpc) is 3.91. The van der Waals surface area contributed by atoms with Crippen LogP contribution in [0.1, 0.15) is 77.3 Å². The lowest BCUT2D eigenvalue weighted by atomic mass is 9.86. The summed E-state index contributed by atoms with van der Waals surface area (Å²) in [5.41, 5.74) is 9.17. The second-order valence-electron chi connectivity index (χ2n) is 17.2. The third-order valence-corrected chi connectivity index (χ3v) is 10.7. The molecule has 0 saturated carbocycles. The first-order chi connectivity index (χ1) is 27.4. The number of benzene rings is 3. The van der Waals surface area contributed by atoms with Crippen LogP contribution in [0.3, 0.4) is 0 Å². The van der Waals surface area contributed by atoms with Gasteiger partial charge in [-0.25, -0.2) is 29.9 Å². The van der Waals surface area contributed by atoms with Gasteiger partial charge in [0.15, 0.2) is 11.3 Å².